The molecule has 0 saturated heterocycles. The minimum Gasteiger partial charge on any atom is -0.443 e. The van der Waals surface area contributed by atoms with Gasteiger partial charge in [-0.1, -0.05) is 17.7 Å². The summed E-state index contributed by atoms with van der Waals surface area (Å²) in [4.78, 5) is 10.8. The molecule has 0 bridgehead atoms. The van der Waals surface area contributed by atoms with Gasteiger partial charge in [-0.15, -0.1) is 0 Å². The first-order valence-corrected chi connectivity index (χ1v) is 7.59. The molecule has 0 amide bonds. The Balaban J connectivity index is 1.92. The molecule has 0 aliphatic heterocycles. The zero-order chi connectivity index (χ0) is 16.7. The van der Waals surface area contributed by atoms with Crippen molar-refractivity contribution in [2.45, 2.75) is 6.92 Å². The van der Waals surface area contributed by atoms with Crippen LogP contribution < -0.4 is 5.32 Å². The number of nitrogens with zero attached hydrogens (tertiary/aromatic N) is 2. The number of aryl methyl sites for hydroxylation is 1. The summed E-state index contributed by atoms with van der Waals surface area (Å²) < 4.78 is 20.3. The Labute approximate surface area is 141 Å². The van der Waals surface area contributed by atoms with Gasteiger partial charge in [0.2, 0.25) is 0 Å². The maximum Gasteiger partial charge on any atom is 0.181 e. The quantitative estimate of drug-likeness (QED) is 0.546. The minimum atomic E-state index is -0.489. The molecule has 0 spiro atoms. The molecule has 0 radical (unpaired) electrons. The van der Waals surface area contributed by atoms with Gasteiger partial charge in [-0.25, -0.2) is 14.4 Å². The van der Waals surface area contributed by atoms with E-state index >= 15 is 4.39 Å². The van der Waals surface area contributed by atoms with E-state index in [1.54, 1.807) is 12.1 Å². The topological polar surface area (TPSA) is 66.7 Å². The Morgan fingerprint density at radius 1 is 1.29 bits per heavy atom. The van der Waals surface area contributed by atoms with Crippen LogP contribution in [0.1, 0.15) is 5.56 Å². The van der Waals surface area contributed by atoms with Gasteiger partial charge >= 0.3 is 0 Å². The van der Waals surface area contributed by atoms with E-state index in [-0.39, 0.29) is 11.2 Å². The van der Waals surface area contributed by atoms with Crippen molar-refractivity contribution >= 4 is 34.0 Å². The van der Waals surface area contributed by atoms with Crippen LogP contribution in [-0.2, 0) is 0 Å². The number of hydrogen-bond acceptors (Lipinski definition) is 4. The Bertz CT molecular complexity index is 1030. The minimum absolute atomic E-state index is 0.233. The average molecular weight is 343 g/mol. The molecule has 0 atom stereocenters. The van der Waals surface area contributed by atoms with Crippen LogP contribution in [0.2, 0.25) is 5.02 Å². The van der Waals surface area contributed by atoms with Gasteiger partial charge in [-0.05, 0) is 30.7 Å². The van der Waals surface area contributed by atoms with Crippen LogP contribution in [0, 0.1) is 12.7 Å². The number of fused-ring (bicyclic) bond motifs is 1. The maximum atomic E-state index is 15.0. The summed E-state index contributed by atoms with van der Waals surface area (Å²) in [5.41, 5.74) is 3.18. The molecule has 7 heteroatoms. The van der Waals surface area contributed by atoms with Crippen LogP contribution >= 0.6 is 11.6 Å². The number of hydrogen-bond donors (Lipinski definition) is 2. The summed E-state index contributed by atoms with van der Waals surface area (Å²) in [5, 5.41) is 3.56. The van der Waals surface area contributed by atoms with Crippen LogP contribution in [0.25, 0.3) is 22.4 Å². The van der Waals surface area contributed by atoms with Crippen molar-refractivity contribution < 1.29 is 8.81 Å². The monoisotopic (exact) mass is 342 g/mol. The number of benzene rings is 2. The number of anilines is 2. The number of aromatic amines is 1. The van der Waals surface area contributed by atoms with Crippen molar-refractivity contribution in [3.05, 3.63) is 59.6 Å². The third-order valence-electron chi connectivity index (χ3n) is 3.74. The van der Waals surface area contributed by atoms with Gasteiger partial charge in [0.25, 0.3) is 0 Å². The second-order valence-corrected chi connectivity index (χ2v) is 5.79. The van der Waals surface area contributed by atoms with Gasteiger partial charge < -0.3 is 14.7 Å². The molecule has 24 heavy (non-hydrogen) atoms. The highest BCUT2D eigenvalue weighted by Gasteiger charge is 2.19. The van der Waals surface area contributed by atoms with Crippen molar-refractivity contribution in [3.63, 3.8) is 0 Å². The number of halogens is 2. The number of oxazole rings is 1. The van der Waals surface area contributed by atoms with Gasteiger partial charge in [0.05, 0.1) is 34.4 Å². The van der Waals surface area contributed by atoms with Crippen LogP contribution in [-0.4, -0.2) is 15.0 Å². The summed E-state index contributed by atoms with van der Waals surface area (Å²) in [7, 11) is 0. The van der Waals surface area contributed by atoms with Crippen molar-refractivity contribution in [1.29, 1.82) is 0 Å². The van der Waals surface area contributed by atoms with E-state index in [2.05, 4.69) is 20.3 Å². The van der Waals surface area contributed by atoms with Gasteiger partial charge in [-0.3, -0.25) is 0 Å². The Morgan fingerprint density at radius 2 is 2.17 bits per heavy atom. The van der Waals surface area contributed by atoms with Crippen molar-refractivity contribution in [2.24, 2.45) is 0 Å². The summed E-state index contributed by atoms with van der Waals surface area (Å²) >= 11 is 6.26. The third kappa shape index (κ3) is 2.41. The summed E-state index contributed by atoms with van der Waals surface area (Å²) in [6.07, 6.45) is 4.27. The van der Waals surface area contributed by atoms with Gasteiger partial charge in [0, 0.05) is 5.56 Å². The average Bonchev–Trinajstić information content (AvgIpc) is 3.23. The van der Waals surface area contributed by atoms with E-state index in [1.807, 2.05) is 19.1 Å². The predicted molar refractivity (Wildman–Crippen MR) is 91.0 cm³/mol. The normalized spacial score (nSPS) is 11.1. The van der Waals surface area contributed by atoms with E-state index < -0.39 is 5.82 Å². The number of imidazole rings is 1. The third-order valence-corrected chi connectivity index (χ3v) is 4.05. The molecule has 5 nitrogen and oxygen atoms in total. The molecule has 2 heterocycles. The lowest BCUT2D eigenvalue weighted by atomic mass is 10.1. The van der Waals surface area contributed by atoms with E-state index in [9.17, 15) is 0 Å². The first-order chi connectivity index (χ1) is 11.6. The van der Waals surface area contributed by atoms with Crippen LogP contribution in [0.3, 0.4) is 0 Å². The largest absolute Gasteiger partial charge is 0.443 e. The van der Waals surface area contributed by atoms with Crippen molar-refractivity contribution in [3.8, 4) is 11.3 Å². The molecule has 0 fully saturated rings. The molecule has 4 rings (SSSR count). The zero-order valence-corrected chi connectivity index (χ0v) is 13.4. The molecule has 0 aliphatic rings. The number of nitrogens with one attached hydrogen (secondary N) is 2. The van der Waals surface area contributed by atoms with Gasteiger partial charge in [-0.2, -0.15) is 0 Å². The van der Waals surface area contributed by atoms with Gasteiger partial charge in [0.15, 0.2) is 18.0 Å². The molecule has 120 valence electrons. The predicted octanol–water partition coefficient (Wildman–Crippen LogP) is 5.06. The smallest absolute Gasteiger partial charge is 0.181 e. The van der Waals surface area contributed by atoms with E-state index in [4.69, 9.17) is 16.0 Å². The fraction of sp³-hybridized carbons (Fsp3) is 0.0588. The van der Waals surface area contributed by atoms with Crippen molar-refractivity contribution in [2.75, 3.05) is 5.32 Å². The molecular formula is C17H12ClFN4O. The molecule has 0 aliphatic carbocycles. The molecule has 0 saturated carbocycles. The molecule has 2 N–H and O–H groups in total. The van der Waals surface area contributed by atoms with E-state index in [0.717, 1.165) is 5.56 Å². The fourth-order valence-corrected chi connectivity index (χ4v) is 2.85. The van der Waals surface area contributed by atoms with Crippen LogP contribution in [0.4, 0.5) is 15.8 Å². The highest BCUT2D eigenvalue weighted by atomic mass is 35.5. The number of H-pyrrole nitrogens is 1. The first kappa shape index (κ1) is 14.7. The van der Waals surface area contributed by atoms with E-state index in [0.29, 0.717) is 27.6 Å². The second kappa shape index (κ2) is 5.65. The lowest BCUT2D eigenvalue weighted by molar-refractivity contribution is 0.571. The Kier molecular flexibility index (Phi) is 3.46. The van der Waals surface area contributed by atoms with E-state index in [1.165, 1.54) is 18.9 Å². The van der Waals surface area contributed by atoms with Crippen LogP contribution in [0.5, 0.6) is 0 Å². The standard InChI is InChI=1S/C17H12ClFN4O/c1-9-2-3-12(11(18)4-9)23-16-10(14-6-20-8-24-14)5-13-17(15(16)19)22-7-21-13/h2-8,23H,1H3,(H,21,22). The number of aromatic nitrogens is 3. The maximum absolute atomic E-state index is 15.0. The summed E-state index contributed by atoms with van der Waals surface area (Å²) in [6, 6.07) is 7.27. The number of rotatable bonds is 3. The summed E-state index contributed by atoms with van der Waals surface area (Å²) in [6.45, 7) is 1.94. The highest BCUT2D eigenvalue weighted by molar-refractivity contribution is 6.33. The molecule has 4 aromatic rings. The lowest BCUT2D eigenvalue weighted by Gasteiger charge is -2.14. The first-order valence-electron chi connectivity index (χ1n) is 7.21. The Morgan fingerprint density at radius 3 is 2.92 bits per heavy atom. The molecule has 2 aromatic heterocycles. The highest BCUT2D eigenvalue weighted by Crippen LogP contribution is 2.37. The molecule has 0 unspecified atom stereocenters. The second-order valence-electron chi connectivity index (χ2n) is 5.39. The Hall–Kier alpha value is -2.86. The fourth-order valence-electron chi connectivity index (χ4n) is 2.56. The SMILES string of the molecule is Cc1ccc(Nc2c(-c3cnco3)cc3[nH]cnc3c2F)c(Cl)c1. The van der Waals surface area contributed by atoms with Gasteiger partial charge in [0.1, 0.15) is 5.52 Å². The summed E-state index contributed by atoms with van der Waals surface area (Å²) in [5.74, 6) is -0.0482. The zero-order valence-electron chi connectivity index (χ0n) is 12.6. The molecule has 2 aromatic carbocycles. The molecular weight excluding hydrogens is 331 g/mol. The van der Waals surface area contributed by atoms with Crippen LogP contribution in [0.15, 0.2) is 47.6 Å². The van der Waals surface area contributed by atoms with Crippen molar-refractivity contribution in [1.82, 2.24) is 15.0 Å². The lowest BCUT2D eigenvalue weighted by Crippen LogP contribution is -1.99.